The Kier molecular flexibility index (Phi) is 2.79. The molecule has 0 saturated heterocycles. The van der Waals surface area contributed by atoms with Crippen LogP contribution in [0.25, 0.3) is 11.3 Å². The average molecular weight is 291 g/mol. The highest BCUT2D eigenvalue weighted by Crippen LogP contribution is 2.29. The van der Waals surface area contributed by atoms with Gasteiger partial charge in [-0.15, -0.1) is 0 Å². The molecule has 0 aliphatic carbocycles. The highest BCUT2D eigenvalue weighted by Gasteiger charge is 2.18. The molecule has 17 heavy (non-hydrogen) atoms. The molecule has 3 rings (SSSR count). The van der Waals surface area contributed by atoms with Crippen LogP contribution in [0.1, 0.15) is 19.2 Å². The second-order valence-electron chi connectivity index (χ2n) is 4.81. The summed E-state index contributed by atoms with van der Waals surface area (Å²) >= 11 is 3.59. The highest BCUT2D eigenvalue weighted by atomic mass is 79.9. The van der Waals surface area contributed by atoms with Gasteiger partial charge in [-0.3, -0.25) is 0 Å². The monoisotopic (exact) mass is 290 g/mol. The molecule has 2 aromatic rings. The fraction of sp³-hybridized carbons (Fsp3) is 0.357. The predicted molar refractivity (Wildman–Crippen MR) is 72.8 cm³/mol. The number of fused-ring (bicyclic) bond motifs is 1. The van der Waals surface area contributed by atoms with E-state index in [1.165, 1.54) is 17.8 Å². The summed E-state index contributed by atoms with van der Waals surface area (Å²) in [5, 5.41) is 0. The first-order chi connectivity index (χ1) is 8.24. The summed E-state index contributed by atoms with van der Waals surface area (Å²) in [6.07, 6.45) is 4.55. The Bertz CT molecular complexity index is 545. The first kappa shape index (κ1) is 11.0. The van der Waals surface area contributed by atoms with Gasteiger partial charge in [-0.25, -0.2) is 4.98 Å². The Hall–Kier alpha value is -1.09. The normalized spacial score (nSPS) is 19.1. The second kappa shape index (κ2) is 4.30. The van der Waals surface area contributed by atoms with E-state index in [-0.39, 0.29) is 0 Å². The van der Waals surface area contributed by atoms with Gasteiger partial charge in [0.25, 0.3) is 0 Å². The first-order valence-corrected chi connectivity index (χ1v) is 6.84. The lowest BCUT2D eigenvalue weighted by molar-refractivity contribution is 0.409. The van der Waals surface area contributed by atoms with Crippen LogP contribution < -0.4 is 0 Å². The summed E-state index contributed by atoms with van der Waals surface area (Å²) in [6.45, 7) is 3.41. The molecule has 3 heteroatoms. The summed E-state index contributed by atoms with van der Waals surface area (Å²) in [7, 11) is 0. The number of hydrogen-bond acceptors (Lipinski definition) is 1. The lowest BCUT2D eigenvalue weighted by atomic mass is 10.0. The van der Waals surface area contributed by atoms with Gasteiger partial charge in [0.2, 0.25) is 0 Å². The van der Waals surface area contributed by atoms with Crippen LogP contribution in [0.3, 0.4) is 0 Å². The van der Waals surface area contributed by atoms with Gasteiger partial charge in [-0.1, -0.05) is 41.1 Å². The van der Waals surface area contributed by atoms with E-state index in [2.05, 4.69) is 51.8 Å². The van der Waals surface area contributed by atoms with Crippen LogP contribution in [-0.2, 0) is 13.0 Å². The van der Waals surface area contributed by atoms with Gasteiger partial charge in [-0.2, -0.15) is 0 Å². The summed E-state index contributed by atoms with van der Waals surface area (Å²) in [5.41, 5.74) is 2.27. The minimum atomic E-state index is 0.761. The number of imidazole rings is 1. The van der Waals surface area contributed by atoms with Crippen molar-refractivity contribution >= 4 is 15.9 Å². The van der Waals surface area contributed by atoms with Crippen molar-refractivity contribution in [1.82, 2.24) is 9.55 Å². The molecule has 0 saturated carbocycles. The second-order valence-corrected chi connectivity index (χ2v) is 5.67. The van der Waals surface area contributed by atoms with E-state index in [1.807, 2.05) is 6.07 Å². The minimum Gasteiger partial charge on any atom is -0.334 e. The van der Waals surface area contributed by atoms with Crippen LogP contribution >= 0.6 is 15.9 Å². The van der Waals surface area contributed by atoms with Crippen molar-refractivity contribution in [3.63, 3.8) is 0 Å². The third kappa shape index (κ3) is 2.04. The van der Waals surface area contributed by atoms with Crippen molar-refractivity contribution in [2.24, 2.45) is 5.92 Å². The van der Waals surface area contributed by atoms with Crippen LogP contribution in [0.2, 0.25) is 0 Å². The molecule has 1 aromatic heterocycles. The number of rotatable bonds is 1. The molecule has 1 aliphatic rings. The maximum atomic E-state index is 4.77. The molecule has 1 aliphatic heterocycles. The summed E-state index contributed by atoms with van der Waals surface area (Å²) in [4.78, 5) is 4.77. The number of aromatic nitrogens is 2. The standard InChI is InChI=1S/C14H15BrN2/c1-10-6-7-17-9-13(16-14(17)8-10)11-4-2-3-5-12(11)15/h2-5,9-10H,6-8H2,1H3. The summed E-state index contributed by atoms with van der Waals surface area (Å²) in [5.74, 6) is 1.99. The Morgan fingerprint density at radius 2 is 2.18 bits per heavy atom. The molecule has 0 amide bonds. The molecule has 0 N–H and O–H groups in total. The van der Waals surface area contributed by atoms with Crippen molar-refractivity contribution in [1.29, 1.82) is 0 Å². The van der Waals surface area contributed by atoms with Crippen LogP contribution in [-0.4, -0.2) is 9.55 Å². The summed E-state index contributed by atoms with van der Waals surface area (Å²) < 4.78 is 3.41. The van der Waals surface area contributed by atoms with E-state index in [9.17, 15) is 0 Å². The van der Waals surface area contributed by atoms with Gasteiger partial charge in [-0.05, 0) is 18.4 Å². The van der Waals surface area contributed by atoms with E-state index in [0.717, 1.165) is 29.1 Å². The van der Waals surface area contributed by atoms with Crippen molar-refractivity contribution in [2.45, 2.75) is 26.3 Å². The third-order valence-corrected chi connectivity index (χ3v) is 4.09. The third-order valence-electron chi connectivity index (χ3n) is 3.40. The number of hydrogen-bond donors (Lipinski definition) is 0. The van der Waals surface area contributed by atoms with Crippen LogP contribution in [0.4, 0.5) is 0 Å². The fourth-order valence-corrected chi connectivity index (χ4v) is 2.87. The van der Waals surface area contributed by atoms with Crippen molar-refractivity contribution in [3.05, 3.63) is 40.8 Å². The van der Waals surface area contributed by atoms with Crippen molar-refractivity contribution < 1.29 is 0 Å². The SMILES string of the molecule is CC1CCn2cc(-c3ccccc3Br)nc2C1. The Balaban J connectivity index is 2.03. The zero-order valence-corrected chi connectivity index (χ0v) is 11.4. The predicted octanol–water partition coefficient (Wildman–Crippen LogP) is 3.89. The van der Waals surface area contributed by atoms with Crippen molar-refractivity contribution in [3.8, 4) is 11.3 Å². The zero-order valence-electron chi connectivity index (χ0n) is 9.86. The quantitative estimate of drug-likeness (QED) is 0.779. The first-order valence-electron chi connectivity index (χ1n) is 6.05. The number of aryl methyl sites for hydroxylation is 1. The largest absolute Gasteiger partial charge is 0.334 e. The molecule has 0 fully saturated rings. The van der Waals surface area contributed by atoms with Gasteiger partial charge in [0.15, 0.2) is 0 Å². The zero-order chi connectivity index (χ0) is 11.8. The Morgan fingerprint density at radius 1 is 1.35 bits per heavy atom. The lowest BCUT2D eigenvalue weighted by Gasteiger charge is -2.18. The molecular weight excluding hydrogens is 276 g/mol. The Morgan fingerprint density at radius 3 is 3.00 bits per heavy atom. The van der Waals surface area contributed by atoms with E-state index in [4.69, 9.17) is 4.98 Å². The number of halogens is 1. The highest BCUT2D eigenvalue weighted by molar-refractivity contribution is 9.10. The van der Waals surface area contributed by atoms with Crippen LogP contribution in [0.5, 0.6) is 0 Å². The van der Waals surface area contributed by atoms with Crippen molar-refractivity contribution in [2.75, 3.05) is 0 Å². The molecule has 88 valence electrons. The molecule has 2 nitrogen and oxygen atoms in total. The van der Waals surface area contributed by atoms with Crippen LogP contribution in [0.15, 0.2) is 34.9 Å². The van der Waals surface area contributed by atoms with Gasteiger partial charge in [0.1, 0.15) is 5.82 Å². The van der Waals surface area contributed by atoms with E-state index >= 15 is 0 Å². The van der Waals surface area contributed by atoms with E-state index in [0.29, 0.717) is 0 Å². The molecule has 2 heterocycles. The van der Waals surface area contributed by atoms with Gasteiger partial charge in [0, 0.05) is 29.2 Å². The maximum absolute atomic E-state index is 4.77. The van der Waals surface area contributed by atoms with Crippen LogP contribution in [0, 0.1) is 5.92 Å². The summed E-state index contributed by atoms with van der Waals surface area (Å²) in [6, 6.07) is 8.27. The number of benzene rings is 1. The molecule has 0 spiro atoms. The molecule has 1 unspecified atom stereocenters. The van der Waals surface area contributed by atoms with E-state index < -0.39 is 0 Å². The molecular formula is C14H15BrN2. The molecule has 1 aromatic carbocycles. The van der Waals surface area contributed by atoms with E-state index in [1.54, 1.807) is 0 Å². The maximum Gasteiger partial charge on any atom is 0.109 e. The smallest absolute Gasteiger partial charge is 0.109 e. The number of nitrogens with zero attached hydrogens (tertiary/aromatic N) is 2. The molecule has 1 atom stereocenters. The molecule has 0 radical (unpaired) electrons. The van der Waals surface area contributed by atoms with Gasteiger partial charge in [0.05, 0.1) is 5.69 Å². The molecule has 0 bridgehead atoms. The fourth-order valence-electron chi connectivity index (χ4n) is 2.38. The topological polar surface area (TPSA) is 17.8 Å². The average Bonchev–Trinajstić information content (AvgIpc) is 2.72. The van der Waals surface area contributed by atoms with Gasteiger partial charge >= 0.3 is 0 Å². The van der Waals surface area contributed by atoms with Gasteiger partial charge < -0.3 is 4.57 Å². The lowest BCUT2D eigenvalue weighted by Crippen LogP contribution is -2.16. The minimum absolute atomic E-state index is 0.761. The Labute approximate surface area is 110 Å².